The molecule has 0 aliphatic rings. The van der Waals surface area contributed by atoms with Crippen molar-refractivity contribution in [3.8, 4) is 5.75 Å². The zero-order chi connectivity index (χ0) is 11.4. The molecule has 1 aromatic carbocycles. The van der Waals surface area contributed by atoms with Gasteiger partial charge in [-0.3, -0.25) is 4.79 Å². The summed E-state index contributed by atoms with van der Waals surface area (Å²) in [5, 5.41) is 3.96. The molecule has 0 spiro atoms. The Kier molecular flexibility index (Phi) is 2.86. The second kappa shape index (κ2) is 4.48. The lowest BCUT2D eigenvalue weighted by molar-refractivity contribution is 0.111. The molecule has 0 saturated carbocycles. The van der Waals surface area contributed by atoms with Gasteiger partial charge in [-0.15, -0.1) is 0 Å². The van der Waals surface area contributed by atoms with Crippen LogP contribution in [0.15, 0.2) is 36.5 Å². The van der Waals surface area contributed by atoms with Gasteiger partial charge < -0.3 is 10.5 Å². The maximum Gasteiger partial charge on any atom is 0.183 e. The first-order valence-electron chi connectivity index (χ1n) is 4.75. The Morgan fingerprint density at radius 1 is 1.38 bits per heavy atom. The van der Waals surface area contributed by atoms with E-state index >= 15 is 0 Å². The van der Waals surface area contributed by atoms with Crippen molar-refractivity contribution in [1.29, 1.82) is 0 Å². The normalized spacial score (nSPS) is 10.0. The van der Waals surface area contributed by atoms with Crippen molar-refractivity contribution in [2.24, 2.45) is 0 Å². The van der Waals surface area contributed by atoms with Gasteiger partial charge in [0.2, 0.25) is 0 Å². The number of ether oxygens (including phenoxy) is 1. The van der Waals surface area contributed by atoms with Crippen LogP contribution in [0.3, 0.4) is 0 Å². The minimum Gasteiger partial charge on any atom is -0.470 e. The molecule has 5 heteroatoms. The average molecular weight is 217 g/mol. The third-order valence-electron chi connectivity index (χ3n) is 2.14. The van der Waals surface area contributed by atoms with Crippen LogP contribution in [0.2, 0.25) is 0 Å². The first kappa shape index (κ1) is 10.2. The number of nitrogens with zero attached hydrogens (tertiary/aromatic N) is 2. The van der Waals surface area contributed by atoms with Crippen molar-refractivity contribution >= 4 is 12.1 Å². The third kappa shape index (κ3) is 2.03. The predicted octanol–water partition coefficient (Wildman–Crippen LogP) is 1.31. The van der Waals surface area contributed by atoms with Gasteiger partial charge in [-0.25, -0.2) is 4.68 Å². The van der Waals surface area contributed by atoms with E-state index in [-0.39, 0.29) is 6.73 Å². The van der Waals surface area contributed by atoms with Crippen LogP contribution in [0.25, 0.3) is 0 Å². The fourth-order valence-electron chi connectivity index (χ4n) is 1.29. The van der Waals surface area contributed by atoms with Gasteiger partial charge in [0.15, 0.2) is 13.0 Å². The lowest BCUT2D eigenvalue weighted by Crippen LogP contribution is -2.10. The summed E-state index contributed by atoms with van der Waals surface area (Å²) in [6.07, 6.45) is 2.34. The number of nitrogens with two attached hydrogens (primary N) is 1. The number of benzene rings is 1. The van der Waals surface area contributed by atoms with E-state index in [4.69, 9.17) is 10.5 Å². The average Bonchev–Trinajstić information content (AvgIpc) is 2.72. The first-order chi connectivity index (χ1) is 7.81. The molecule has 2 aromatic rings. The molecule has 2 rings (SSSR count). The second-order valence-corrected chi connectivity index (χ2v) is 3.18. The Morgan fingerprint density at radius 2 is 2.19 bits per heavy atom. The van der Waals surface area contributed by atoms with Gasteiger partial charge >= 0.3 is 0 Å². The van der Waals surface area contributed by atoms with E-state index < -0.39 is 0 Å². The molecule has 0 fully saturated rings. The van der Waals surface area contributed by atoms with Gasteiger partial charge in [-0.2, -0.15) is 5.10 Å². The molecule has 0 aliphatic heterocycles. The van der Waals surface area contributed by atoms with Crippen LogP contribution >= 0.6 is 0 Å². The van der Waals surface area contributed by atoms with Gasteiger partial charge in [0.25, 0.3) is 0 Å². The highest BCUT2D eigenvalue weighted by atomic mass is 16.5. The summed E-state index contributed by atoms with van der Waals surface area (Å²) in [5.74, 6) is 1.04. The van der Waals surface area contributed by atoms with Crippen LogP contribution < -0.4 is 10.5 Å². The van der Waals surface area contributed by atoms with Crippen LogP contribution in [0, 0.1) is 0 Å². The Bertz CT molecular complexity index is 493. The van der Waals surface area contributed by atoms with Crippen molar-refractivity contribution in [2.45, 2.75) is 6.73 Å². The fraction of sp³-hybridized carbons (Fsp3) is 0.0909. The third-order valence-corrected chi connectivity index (χ3v) is 2.14. The maximum atomic E-state index is 10.7. The van der Waals surface area contributed by atoms with E-state index in [1.165, 1.54) is 4.68 Å². The standard InChI is InChI=1S/C11H11N3O2/c12-11-5-6-13-14(11)8-16-10-4-2-1-3-9(10)7-15/h1-7H,8,12H2. The minimum absolute atomic E-state index is 0.184. The van der Waals surface area contributed by atoms with Crippen molar-refractivity contribution in [2.75, 3.05) is 5.73 Å². The van der Waals surface area contributed by atoms with Crippen LogP contribution in [0.5, 0.6) is 5.75 Å². The summed E-state index contributed by atoms with van der Waals surface area (Å²) in [5.41, 5.74) is 6.13. The molecule has 0 amide bonds. The number of carbonyl (C=O) groups excluding carboxylic acids is 1. The minimum atomic E-state index is 0.184. The number of aromatic nitrogens is 2. The Hall–Kier alpha value is -2.30. The Morgan fingerprint density at radius 3 is 2.88 bits per heavy atom. The van der Waals surface area contributed by atoms with Gasteiger partial charge in [0, 0.05) is 6.07 Å². The molecular weight excluding hydrogens is 206 g/mol. The first-order valence-corrected chi connectivity index (χ1v) is 4.75. The smallest absolute Gasteiger partial charge is 0.183 e. The Balaban J connectivity index is 2.10. The number of hydrogen-bond donors (Lipinski definition) is 1. The molecule has 5 nitrogen and oxygen atoms in total. The van der Waals surface area contributed by atoms with Crippen LogP contribution in [0.4, 0.5) is 5.82 Å². The van der Waals surface area contributed by atoms with Crippen molar-refractivity contribution < 1.29 is 9.53 Å². The van der Waals surface area contributed by atoms with Gasteiger partial charge in [0.1, 0.15) is 11.6 Å². The van der Waals surface area contributed by atoms with Crippen molar-refractivity contribution in [3.63, 3.8) is 0 Å². The van der Waals surface area contributed by atoms with Crippen molar-refractivity contribution in [1.82, 2.24) is 9.78 Å². The monoisotopic (exact) mass is 217 g/mol. The highest BCUT2D eigenvalue weighted by molar-refractivity contribution is 5.79. The van der Waals surface area contributed by atoms with Gasteiger partial charge in [-0.05, 0) is 12.1 Å². The van der Waals surface area contributed by atoms with E-state index in [1.54, 1.807) is 36.5 Å². The molecule has 0 aliphatic carbocycles. The molecule has 2 N–H and O–H groups in total. The second-order valence-electron chi connectivity index (χ2n) is 3.18. The molecule has 0 saturated heterocycles. The topological polar surface area (TPSA) is 70.1 Å². The summed E-state index contributed by atoms with van der Waals surface area (Å²) in [6.45, 7) is 0.184. The van der Waals surface area contributed by atoms with Gasteiger partial charge in [0.05, 0.1) is 11.8 Å². The molecule has 0 radical (unpaired) electrons. The SMILES string of the molecule is Nc1ccnn1COc1ccccc1C=O. The number of para-hydroxylation sites is 1. The molecule has 0 atom stereocenters. The number of rotatable bonds is 4. The lowest BCUT2D eigenvalue weighted by Gasteiger charge is -2.08. The van der Waals surface area contributed by atoms with E-state index in [0.717, 1.165) is 6.29 Å². The van der Waals surface area contributed by atoms with E-state index in [2.05, 4.69) is 5.10 Å². The number of carbonyl (C=O) groups is 1. The summed E-state index contributed by atoms with van der Waals surface area (Å²) >= 11 is 0. The van der Waals surface area contributed by atoms with Crippen molar-refractivity contribution in [3.05, 3.63) is 42.1 Å². The molecule has 0 bridgehead atoms. The maximum absolute atomic E-state index is 10.7. The van der Waals surface area contributed by atoms with E-state index in [9.17, 15) is 4.79 Å². The summed E-state index contributed by atoms with van der Waals surface area (Å²) in [6, 6.07) is 8.67. The fourth-order valence-corrected chi connectivity index (χ4v) is 1.29. The zero-order valence-corrected chi connectivity index (χ0v) is 8.54. The molecule has 82 valence electrons. The van der Waals surface area contributed by atoms with E-state index in [1.807, 2.05) is 0 Å². The number of aldehydes is 1. The largest absolute Gasteiger partial charge is 0.470 e. The number of nitrogen functional groups attached to an aromatic ring is 1. The summed E-state index contributed by atoms with van der Waals surface area (Å²) in [4.78, 5) is 10.7. The highest BCUT2D eigenvalue weighted by Crippen LogP contribution is 2.16. The quantitative estimate of drug-likeness (QED) is 0.784. The molecular formula is C11H11N3O2. The predicted molar refractivity (Wildman–Crippen MR) is 59.1 cm³/mol. The summed E-state index contributed by atoms with van der Waals surface area (Å²) < 4.78 is 6.94. The van der Waals surface area contributed by atoms with Crippen LogP contribution in [-0.4, -0.2) is 16.1 Å². The number of hydrogen-bond acceptors (Lipinski definition) is 4. The Labute approximate surface area is 92.4 Å². The molecule has 16 heavy (non-hydrogen) atoms. The van der Waals surface area contributed by atoms with Crippen LogP contribution in [0.1, 0.15) is 10.4 Å². The van der Waals surface area contributed by atoms with Gasteiger partial charge in [-0.1, -0.05) is 12.1 Å². The summed E-state index contributed by atoms with van der Waals surface area (Å²) in [7, 11) is 0. The zero-order valence-electron chi connectivity index (χ0n) is 8.54. The lowest BCUT2D eigenvalue weighted by atomic mass is 10.2. The van der Waals surface area contributed by atoms with Crippen LogP contribution in [-0.2, 0) is 6.73 Å². The highest BCUT2D eigenvalue weighted by Gasteiger charge is 2.02. The molecule has 1 heterocycles. The molecule has 1 aromatic heterocycles. The van der Waals surface area contributed by atoms with E-state index in [0.29, 0.717) is 17.1 Å². The number of anilines is 1. The molecule has 0 unspecified atom stereocenters.